The highest BCUT2D eigenvalue weighted by Crippen LogP contribution is 2.20. The molecule has 2 N–H and O–H groups in total. The van der Waals surface area contributed by atoms with Crippen LogP contribution in [0.5, 0.6) is 5.75 Å². The smallest absolute Gasteiger partial charge is 0.115 e. The number of phenolic OH excluding ortho intramolecular Hbond substituents is 1. The van der Waals surface area contributed by atoms with Crippen molar-refractivity contribution < 1.29 is 9.84 Å². The van der Waals surface area contributed by atoms with Crippen LogP contribution in [0.4, 0.5) is 0 Å². The van der Waals surface area contributed by atoms with Crippen molar-refractivity contribution in [3.05, 3.63) is 29.8 Å². The summed E-state index contributed by atoms with van der Waals surface area (Å²) in [7, 11) is 0. The lowest BCUT2D eigenvalue weighted by atomic mass is 10.0. The summed E-state index contributed by atoms with van der Waals surface area (Å²) in [5, 5.41) is 13.1. The fourth-order valence-electron chi connectivity index (χ4n) is 2.31. The number of benzene rings is 1. The fourth-order valence-corrected chi connectivity index (χ4v) is 2.31. The molecule has 0 bridgehead atoms. The van der Waals surface area contributed by atoms with Crippen LogP contribution in [0.1, 0.15) is 37.8 Å². The minimum atomic E-state index is 0.269. The Bertz CT molecular complexity index is 346. The first kappa shape index (κ1) is 12.4. The Balaban J connectivity index is 1.93. The van der Waals surface area contributed by atoms with Crippen molar-refractivity contribution in [1.29, 1.82) is 0 Å². The molecule has 3 heteroatoms. The molecule has 3 nitrogen and oxygen atoms in total. The van der Waals surface area contributed by atoms with E-state index in [2.05, 4.69) is 12.2 Å². The van der Waals surface area contributed by atoms with Crippen LogP contribution in [0.2, 0.25) is 0 Å². The van der Waals surface area contributed by atoms with Crippen LogP contribution in [0.3, 0.4) is 0 Å². The van der Waals surface area contributed by atoms with Gasteiger partial charge in [-0.25, -0.2) is 0 Å². The van der Waals surface area contributed by atoms with Crippen molar-refractivity contribution in [2.24, 2.45) is 0 Å². The van der Waals surface area contributed by atoms with Crippen molar-refractivity contribution in [2.45, 2.75) is 38.3 Å². The normalized spacial score (nSPS) is 23.0. The zero-order valence-electron chi connectivity index (χ0n) is 10.4. The quantitative estimate of drug-likeness (QED) is 0.846. The van der Waals surface area contributed by atoms with Crippen LogP contribution in [-0.2, 0) is 4.74 Å². The average Bonchev–Trinajstić information content (AvgIpc) is 2.57. The van der Waals surface area contributed by atoms with Gasteiger partial charge >= 0.3 is 0 Å². The molecule has 2 atom stereocenters. The van der Waals surface area contributed by atoms with Gasteiger partial charge in [0.05, 0.1) is 0 Å². The molecule has 94 valence electrons. The van der Waals surface area contributed by atoms with Crippen LogP contribution in [0, 0.1) is 0 Å². The monoisotopic (exact) mass is 235 g/mol. The number of nitrogens with one attached hydrogen (secondary N) is 1. The molecule has 0 spiro atoms. The number of hydrogen-bond donors (Lipinski definition) is 2. The van der Waals surface area contributed by atoms with Gasteiger partial charge in [0.15, 0.2) is 0 Å². The van der Waals surface area contributed by atoms with Gasteiger partial charge < -0.3 is 15.2 Å². The Morgan fingerprint density at radius 1 is 1.35 bits per heavy atom. The molecule has 1 aliphatic heterocycles. The minimum Gasteiger partial charge on any atom is -0.508 e. The summed E-state index contributed by atoms with van der Waals surface area (Å²) in [5.74, 6) is 0.334. The molecule has 1 aromatic carbocycles. The molecule has 1 fully saturated rings. The van der Waals surface area contributed by atoms with Crippen LogP contribution < -0.4 is 5.32 Å². The molecule has 1 heterocycles. The van der Waals surface area contributed by atoms with Gasteiger partial charge in [-0.3, -0.25) is 0 Å². The summed E-state index contributed by atoms with van der Waals surface area (Å²) in [6, 6.07) is 8.25. The molecule has 0 aromatic heterocycles. The fraction of sp³-hybridized carbons (Fsp3) is 0.571. The molecule has 0 amide bonds. The first-order valence-electron chi connectivity index (χ1n) is 6.38. The van der Waals surface area contributed by atoms with Crippen molar-refractivity contribution in [3.63, 3.8) is 0 Å². The summed E-state index contributed by atoms with van der Waals surface area (Å²) >= 11 is 0. The van der Waals surface area contributed by atoms with E-state index in [1.807, 2.05) is 18.2 Å². The summed E-state index contributed by atoms with van der Waals surface area (Å²) in [4.78, 5) is 0. The lowest BCUT2D eigenvalue weighted by Gasteiger charge is -2.22. The lowest BCUT2D eigenvalue weighted by Crippen LogP contribution is -2.31. The summed E-state index contributed by atoms with van der Waals surface area (Å²) < 4.78 is 5.45. The molecule has 1 aromatic rings. The SMILES string of the molecule is CC(NC1CCCOCC1)c1cccc(O)c1. The predicted molar refractivity (Wildman–Crippen MR) is 68.1 cm³/mol. The van der Waals surface area contributed by atoms with Crippen molar-refractivity contribution >= 4 is 0 Å². The second-order valence-corrected chi connectivity index (χ2v) is 4.72. The second-order valence-electron chi connectivity index (χ2n) is 4.72. The number of aromatic hydroxyl groups is 1. The van der Waals surface area contributed by atoms with Crippen molar-refractivity contribution in [2.75, 3.05) is 13.2 Å². The Labute approximate surface area is 103 Å². The maximum atomic E-state index is 9.47. The average molecular weight is 235 g/mol. The summed E-state index contributed by atoms with van der Waals surface area (Å²) in [6.45, 7) is 3.88. The summed E-state index contributed by atoms with van der Waals surface area (Å²) in [5.41, 5.74) is 1.13. The lowest BCUT2D eigenvalue weighted by molar-refractivity contribution is 0.142. The van der Waals surface area contributed by atoms with Crippen molar-refractivity contribution in [3.8, 4) is 5.75 Å². The predicted octanol–water partition coefficient (Wildman–Crippen LogP) is 2.61. The molecule has 2 rings (SSSR count). The van der Waals surface area contributed by atoms with E-state index in [0.717, 1.165) is 31.6 Å². The van der Waals surface area contributed by atoms with Crippen LogP contribution in [0.25, 0.3) is 0 Å². The number of rotatable bonds is 3. The topological polar surface area (TPSA) is 41.5 Å². The van der Waals surface area contributed by atoms with Gasteiger partial charge in [0, 0.05) is 25.3 Å². The number of hydrogen-bond acceptors (Lipinski definition) is 3. The van der Waals surface area contributed by atoms with E-state index in [1.54, 1.807) is 6.07 Å². The third kappa shape index (κ3) is 3.72. The standard InChI is InChI=1S/C14H21NO2/c1-11(12-4-2-6-14(16)10-12)15-13-5-3-8-17-9-7-13/h2,4,6,10-11,13,15-16H,3,5,7-9H2,1H3. The third-order valence-electron chi connectivity index (χ3n) is 3.31. The van der Waals surface area contributed by atoms with E-state index >= 15 is 0 Å². The van der Waals surface area contributed by atoms with Gasteiger partial charge in [-0.1, -0.05) is 12.1 Å². The van der Waals surface area contributed by atoms with Crippen LogP contribution in [-0.4, -0.2) is 24.4 Å². The molecule has 2 unspecified atom stereocenters. The highest BCUT2D eigenvalue weighted by Gasteiger charge is 2.15. The molecule has 0 saturated carbocycles. The Morgan fingerprint density at radius 2 is 2.24 bits per heavy atom. The Morgan fingerprint density at radius 3 is 3.06 bits per heavy atom. The molecule has 1 saturated heterocycles. The molecular formula is C14H21NO2. The van der Waals surface area contributed by atoms with E-state index in [4.69, 9.17) is 4.74 Å². The first-order chi connectivity index (χ1) is 8.25. The van der Waals surface area contributed by atoms with E-state index < -0.39 is 0 Å². The minimum absolute atomic E-state index is 0.269. The maximum Gasteiger partial charge on any atom is 0.115 e. The van der Waals surface area contributed by atoms with Gasteiger partial charge in [0.25, 0.3) is 0 Å². The zero-order chi connectivity index (χ0) is 12.1. The van der Waals surface area contributed by atoms with E-state index in [9.17, 15) is 5.11 Å². The van der Waals surface area contributed by atoms with Gasteiger partial charge in [0.2, 0.25) is 0 Å². The largest absolute Gasteiger partial charge is 0.508 e. The molecule has 17 heavy (non-hydrogen) atoms. The molecular weight excluding hydrogens is 214 g/mol. The van der Waals surface area contributed by atoms with Crippen molar-refractivity contribution in [1.82, 2.24) is 5.32 Å². The summed E-state index contributed by atoms with van der Waals surface area (Å²) in [6.07, 6.45) is 3.37. The van der Waals surface area contributed by atoms with Gasteiger partial charge in [0.1, 0.15) is 5.75 Å². The van der Waals surface area contributed by atoms with Gasteiger partial charge in [-0.05, 0) is 43.9 Å². The van der Waals surface area contributed by atoms with Gasteiger partial charge in [-0.15, -0.1) is 0 Å². The third-order valence-corrected chi connectivity index (χ3v) is 3.31. The first-order valence-corrected chi connectivity index (χ1v) is 6.38. The van der Waals surface area contributed by atoms with Crippen LogP contribution >= 0.6 is 0 Å². The van der Waals surface area contributed by atoms with Gasteiger partial charge in [-0.2, -0.15) is 0 Å². The van der Waals surface area contributed by atoms with E-state index in [-0.39, 0.29) is 6.04 Å². The number of ether oxygens (including phenoxy) is 1. The highest BCUT2D eigenvalue weighted by molar-refractivity contribution is 5.29. The molecule has 1 aliphatic rings. The highest BCUT2D eigenvalue weighted by atomic mass is 16.5. The zero-order valence-corrected chi connectivity index (χ0v) is 10.4. The number of phenols is 1. The van der Waals surface area contributed by atoms with E-state index in [0.29, 0.717) is 11.8 Å². The molecule has 0 radical (unpaired) electrons. The Kier molecular flexibility index (Phi) is 4.40. The molecule has 0 aliphatic carbocycles. The van der Waals surface area contributed by atoms with Crippen LogP contribution in [0.15, 0.2) is 24.3 Å². The second kappa shape index (κ2) is 6.03. The Hall–Kier alpha value is -1.06. The van der Waals surface area contributed by atoms with E-state index in [1.165, 1.54) is 6.42 Å². The maximum absolute atomic E-state index is 9.47.